The second kappa shape index (κ2) is 5.52. The summed E-state index contributed by atoms with van der Waals surface area (Å²) in [5.74, 6) is 0. The van der Waals surface area contributed by atoms with E-state index in [2.05, 4.69) is 16.4 Å². The van der Waals surface area contributed by atoms with Gasteiger partial charge in [-0.05, 0) is 30.7 Å². The predicted molar refractivity (Wildman–Crippen MR) is 72.5 cm³/mol. The number of halogens is 1. The summed E-state index contributed by atoms with van der Waals surface area (Å²) >= 11 is 5.95. The fourth-order valence-electron chi connectivity index (χ4n) is 1.66. The summed E-state index contributed by atoms with van der Waals surface area (Å²) in [6.45, 7) is 2.56. The molecule has 1 aromatic heterocycles. The summed E-state index contributed by atoms with van der Waals surface area (Å²) in [7, 11) is 0. The molecule has 0 radical (unpaired) electrons. The van der Waals surface area contributed by atoms with Crippen molar-refractivity contribution in [3.05, 3.63) is 58.4 Å². The Morgan fingerprint density at radius 3 is 3.00 bits per heavy atom. The monoisotopic (exact) mass is 257 g/mol. The highest BCUT2D eigenvalue weighted by Crippen LogP contribution is 2.21. The second-order valence-corrected chi connectivity index (χ2v) is 4.37. The maximum absolute atomic E-state index is 8.95. The lowest BCUT2D eigenvalue weighted by Crippen LogP contribution is -2.03. The minimum absolute atomic E-state index is 0.449. The van der Waals surface area contributed by atoms with Crippen LogP contribution in [0.5, 0.6) is 0 Å². The average Bonchev–Trinajstić information content (AvgIpc) is 2.40. The zero-order valence-corrected chi connectivity index (χ0v) is 10.7. The third-order valence-corrected chi connectivity index (χ3v) is 2.90. The fraction of sp³-hybridized carbons (Fsp3) is 0.143. The number of pyridine rings is 1. The lowest BCUT2D eigenvalue weighted by Gasteiger charge is -2.10. The maximum Gasteiger partial charge on any atom is 0.145 e. The number of aromatic nitrogens is 1. The number of anilines is 1. The van der Waals surface area contributed by atoms with E-state index in [0.717, 1.165) is 16.8 Å². The molecular weight excluding hydrogens is 246 g/mol. The van der Waals surface area contributed by atoms with Gasteiger partial charge in [-0.1, -0.05) is 23.7 Å². The van der Waals surface area contributed by atoms with E-state index in [9.17, 15) is 0 Å². The van der Waals surface area contributed by atoms with Crippen molar-refractivity contribution in [3.8, 4) is 6.07 Å². The Balaban J connectivity index is 2.17. The van der Waals surface area contributed by atoms with E-state index in [-0.39, 0.29) is 0 Å². The SMILES string of the molecule is Cc1ccc(Cl)cc1NCc1cccnc1C#N. The van der Waals surface area contributed by atoms with Crippen LogP contribution in [0.15, 0.2) is 36.5 Å². The fourth-order valence-corrected chi connectivity index (χ4v) is 1.83. The molecule has 2 rings (SSSR count). The number of hydrogen-bond donors (Lipinski definition) is 1. The standard InChI is InChI=1S/C14H12ClN3/c1-10-4-5-12(15)7-13(10)18-9-11-3-2-6-17-14(11)8-16/h2-7,18H,9H2,1H3. The molecule has 0 spiro atoms. The average molecular weight is 258 g/mol. The number of benzene rings is 1. The van der Waals surface area contributed by atoms with Crippen LogP contribution in [-0.4, -0.2) is 4.98 Å². The summed E-state index contributed by atoms with van der Waals surface area (Å²) in [5.41, 5.74) is 3.40. The zero-order chi connectivity index (χ0) is 13.0. The van der Waals surface area contributed by atoms with Crippen LogP contribution in [0.3, 0.4) is 0 Å². The molecule has 1 N–H and O–H groups in total. The third-order valence-electron chi connectivity index (χ3n) is 2.67. The van der Waals surface area contributed by atoms with Crippen molar-refractivity contribution < 1.29 is 0 Å². The van der Waals surface area contributed by atoms with Crippen LogP contribution in [0, 0.1) is 18.3 Å². The van der Waals surface area contributed by atoms with Crippen LogP contribution >= 0.6 is 11.6 Å². The lowest BCUT2D eigenvalue weighted by atomic mass is 10.1. The highest BCUT2D eigenvalue weighted by molar-refractivity contribution is 6.30. The zero-order valence-electron chi connectivity index (χ0n) is 9.94. The number of nitriles is 1. The number of aryl methyl sites for hydroxylation is 1. The Kier molecular flexibility index (Phi) is 3.81. The van der Waals surface area contributed by atoms with Crippen LogP contribution in [0.1, 0.15) is 16.8 Å². The van der Waals surface area contributed by atoms with Gasteiger partial charge in [0, 0.05) is 29.0 Å². The first kappa shape index (κ1) is 12.4. The van der Waals surface area contributed by atoms with E-state index in [0.29, 0.717) is 17.3 Å². The van der Waals surface area contributed by atoms with Crippen LogP contribution < -0.4 is 5.32 Å². The van der Waals surface area contributed by atoms with E-state index in [1.54, 1.807) is 6.20 Å². The van der Waals surface area contributed by atoms with Crippen molar-refractivity contribution in [1.82, 2.24) is 4.98 Å². The first-order valence-corrected chi connectivity index (χ1v) is 5.92. The first-order chi connectivity index (χ1) is 8.70. The van der Waals surface area contributed by atoms with Crippen molar-refractivity contribution in [1.29, 1.82) is 5.26 Å². The Hall–Kier alpha value is -2.05. The van der Waals surface area contributed by atoms with Crippen LogP contribution in [0.25, 0.3) is 0 Å². The number of hydrogen-bond acceptors (Lipinski definition) is 3. The highest BCUT2D eigenvalue weighted by atomic mass is 35.5. The second-order valence-electron chi connectivity index (χ2n) is 3.94. The number of nitrogens with zero attached hydrogens (tertiary/aromatic N) is 2. The van der Waals surface area contributed by atoms with Gasteiger partial charge in [0.15, 0.2) is 0 Å². The van der Waals surface area contributed by atoms with Crippen LogP contribution in [0.2, 0.25) is 5.02 Å². The Labute approximate surface area is 111 Å². The van der Waals surface area contributed by atoms with Crippen molar-refractivity contribution in [3.63, 3.8) is 0 Å². The van der Waals surface area contributed by atoms with E-state index in [1.807, 2.05) is 37.3 Å². The number of rotatable bonds is 3. The van der Waals surface area contributed by atoms with Gasteiger partial charge >= 0.3 is 0 Å². The predicted octanol–water partition coefficient (Wildman–Crippen LogP) is 3.53. The molecule has 0 atom stereocenters. The summed E-state index contributed by atoms with van der Waals surface area (Å²) in [6, 6.07) is 11.5. The minimum Gasteiger partial charge on any atom is -0.381 e. The van der Waals surface area contributed by atoms with Gasteiger partial charge in [0.25, 0.3) is 0 Å². The Morgan fingerprint density at radius 2 is 2.22 bits per heavy atom. The molecule has 0 fully saturated rings. The Bertz CT molecular complexity index is 602. The van der Waals surface area contributed by atoms with Crippen molar-refractivity contribution in [2.45, 2.75) is 13.5 Å². The van der Waals surface area contributed by atoms with Gasteiger partial charge in [-0.3, -0.25) is 0 Å². The molecule has 0 saturated heterocycles. The van der Waals surface area contributed by atoms with Gasteiger partial charge in [-0.15, -0.1) is 0 Å². The lowest BCUT2D eigenvalue weighted by molar-refractivity contribution is 1.08. The molecular formula is C14H12ClN3. The summed E-state index contributed by atoms with van der Waals surface area (Å²) in [6.07, 6.45) is 1.62. The molecule has 0 amide bonds. The largest absolute Gasteiger partial charge is 0.381 e. The molecule has 0 saturated carbocycles. The van der Waals surface area contributed by atoms with Gasteiger partial charge in [-0.2, -0.15) is 5.26 Å². The molecule has 1 aromatic carbocycles. The molecule has 0 aliphatic rings. The molecule has 18 heavy (non-hydrogen) atoms. The van der Waals surface area contributed by atoms with Gasteiger partial charge in [0.05, 0.1) is 0 Å². The van der Waals surface area contributed by atoms with Crippen molar-refractivity contribution in [2.24, 2.45) is 0 Å². The molecule has 1 heterocycles. The maximum atomic E-state index is 8.95. The molecule has 4 heteroatoms. The molecule has 0 aliphatic carbocycles. The van der Waals surface area contributed by atoms with Crippen molar-refractivity contribution in [2.75, 3.05) is 5.32 Å². The van der Waals surface area contributed by atoms with Gasteiger partial charge in [0.1, 0.15) is 11.8 Å². The molecule has 0 unspecified atom stereocenters. The quantitative estimate of drug-likeness (QED) is 0.915. The summed E-state index contributed by atoms with van der Waals surface area (Å²) in [5, 5.41) is 12.9. The molecule has 2 aromatic rings. The van der Waals surface area contributed by atoms with Gasteiger partial charge in [0.2, 0.25) is 0 Å². The normalized spacial score (nSPS) is 9.83. The Morgan fingerprint density at radius 1 is 1.39 bits per heavy atom. The van der Waals surface area contributed by atoms with E-state index in [1.165, 1.54) is 0 Å². The van der Waals surface area contributed by atoms with Gasteiger partial charge < -0.3 is 5.32 Å². The smallest absolute Gasteiger partial charge is 0.145 e. The van der Waals surface area contributed by atoms with Crippen LogP contribution in [-0.2, 0) is 6.54 Å². The third kappa shape index (κ3) is 2.79. The molecule has 0 bridgehead atoms. The van der Waals surface area contributed by atoms with E-state index in [4.69, 9.17) is 16.9 Å². The van der Waals surface area contributed by atoms with Crippen LogP contribution in [0.4, 0.5) is 5.69 Å². The van der Waals surface area contributed by atoms with Crippen molar-refractivity contribution >= 4 is 17.3 Å². The minimum atomic E-state index is 0.449. The van der Waals surface area contributed by atoms with E-state index >= 15 is 0 Å². The van der Waals surface area contributed by atoms with Gasteiger partial charge in [-0.25, -0.2) is 4.98 Å². The topological polar surface area (TPSA) is 48.7 Å². The molecule has 90 valence electrons. The van der Waals surface area contributed by atoms with E-state index < -0.39 is 0 Å². The molecule has 0 aliphatic heterocycles. The first-order valence-electron chi connectivity index (χ1n) is 5.54. The summed E-state index contributed by atoms with van der Waals surface area (Å²) < 4.78 is 0. The number of nitrogens with one attached hydrogen (secondary N) is 1. The summed E-state index contributed by atoms with van der Waals surface area (Å²) in [4.78, 5) is 4.02. The highest BCUT2D eigenvalue weighted by Gasteiger charge is 2.03. The molecule has 3 nitrogen and oxygen atoms in total.